The third-order valence-electron chi connectivity index (χ3n) is 5.57. The summed E-state index contributed by atoms with van der Waals surface area (Å²) in [4.78, 5) is 41.3. The topological polar surface area (TPSA) is 124 Å². The molecule has 176 valence electrons. The molecule has 2 amide bonds. The first kappa shape index (κ1) is 23.0. The van der Waals surface area contributed by atoms with Gasteiger partial charge in [0.05, 0.1) is 18.4 Å². The van der Waals surface area contributed by atoms with Gasteiger partial charge in [-0.05, 0) is 24.6 Å². The lowest BCUT2D eigenvalue weighted by atomic mass is 10.2. The van der Waals surface area contributed by atoms with Gasteiger partial charge in [0.2, 0.25) is 5.88 Å². The molecule has 2 aromatic heterocycles. The summed E-state index contributed by atoms with van der Waals surface area (Å²) >= 11 is 0. The van der Waals surface area contributed by atoms with Crippen LogP contribution in [0.1, 0.15) is 16.8 Å². The maximum atomic E-state index is 12.8. The molecule has 1 saturated heterocycles. The van der Waals surface area contributed by atoms with Gasteiger partial charge in [0.15, 0.2) is 6.61 Å². The van der Waals surface area contributed by atoms with Gasteiger partial charge in [-0.2, -0.15) is 0 Å². The lowest BCUT2D eigenvalue weighted by Gasteiger charge is -2.23. The van der Waals surface area contributed by atoms with Crippen molar-refractivity contribution in [2.24, 2.45) is 5.73 Å². The van der Waals surface area contributed by atoms with Crippen molar-refractivity contribution in [2.75, 3.05) is 44.8 Å². The van der Waals surface area contributed by atoms with Gasteiger partial charge in [-0.25, -0.2) is 15.0 Å². The van der Waals surface area contributed by atoms with E-state index in [1.807, 2.05) is 12.1 Å². The standard InChI is InChI=1S/C24H26N6O4/c1-33-22-8-7-17(14-26-22)19-13-21(28-16-27-19)29-9-4-10-30(12-11-29)23(31)15-34-20-6-3-2-5-18(20)24(25)32/h2-3,5-8,13-14,16H,4,9-12,15H2,1H3,(H2,25,32). The predicted octanol–water partition coefficient (Wildman–Crippen LogP) is 1.76. The number of aromatic nitrogens is 3. The Morgan fingerprint density at radius 2 is 1.88 bits per heavy atom. The molecule has 1 aromatic carbocycles. The van der Waals surface area contributed by atoms with Crippen molar-refractivity contribution in [3.8, 4) is 22.9 Å². The molecule has 10 nitrogen and oxygen atoms in total. The van der Waals surface area contributed by atoms with Gasteiger partial charge in [-0.3, -0.25) is 9.59 Å². The Morgan fingerprint density at radius 1 is 1.03 bits per heavy atom. The fourth-order valence-corrected chi connectivity index (χ4v) is 3.75. The highest BCUT2D eigenvalue weighted by Gasteiger charge is 2.21. The number of methoxy groups -OCH3 is 1. The van der Waals surface area contributed by atoms with E-state index in [1.165, 1.54) is 6.33 Å². The zero-order valence-electron chi connectivity index (χ0n) is 18.9. The van der Waals surface area contributed by atoms with Crippen molar-refractivity contribution in [1.29, 1.82) is 0 Å². The minimum Gasteiger partial charge on any atom is -0.483 e. The minimum absolute atomic E-state index is 0.145. The SMILES string of the molecule is COc1ccc(-c2cc(N3CCCN(C(=O)COc4ccccc4C(N)=O)CC3)ncn2)cn1. The number of rotatable bonds is 7. The summed E-state index contributed by atoms with van der Waals surface area (Å²) in [7, 11) is 1.57. The molecule has 10 heteroatoms. The highest BCUT2D eigenvalue weighted by molar-refractivity contribution is 5.95. The smallest absolute Gasteiger partial charge is 0.260 e. The van der Waals surface area contributed by atoms with Gasteiger partial charge < -0.3 is 25.0 Å². The van der Waals surface area contributed by atoms with Gasteiger partial charge in [-0.1, -0.05) is 12.1 Å². The second-order valence-electron chi connectivity index (χ2n) is 7.72. The van der Waals surface area contributed by atoms with Crippen LogP contribution in [-0.2, 0) is 4.79 Å². The zero-order valence-corrected chi connectivity index (χ0v) is 18.9. The van der Waals surface area contributed by atoms with Crippen LogP contribution in [0.3, 0.4) is 0 Å². The molecular weight excluding hydrogens is 436 g/mol. The Kier molecular flexibility index (Phi) is 7.16. The van der Waals surface area contributed by atoms with Gasteiger partial charge in [0.25, 0.3) is 11.8 Å². The van der Waals surface area contributed by atoms with Crippen LogP contribution in [-0.4, -0.2) is 71.6 Å². The lowest BCUT2D eigenvalue weighted by Crippen LogP contribution is -2.38. The molecule has 1 fully saturated rings. The number of para-hydroxylation sites is 1. The molecule has 3 aromatic rings. The lowest BCUT2D eigenvalue weighted by molar-refractivity contribution is -0.133. The number of anilines is 1. The second-order valence-corrected chi connectivity index (χ2v) is 7.72. The molecule has 0 unspecified atom stereocenters. The number of benzene rings is 1. The summed E-state index contributed by atoms with van der Waals surface area (Å²) in [5.41, 5.74) is 7.26. The van der Waals surface area contributed by atoms with Crippen molar-refractivity contribution >= 4 is 17.6 Å². The highest BCUT2D eigenvalue weighted by Crippen LogP contribution is 2.23. The molecule has 0 saturated carbocycles. The number of nitrogens with zero attached hydrogens (tertiary/aromatic N) is 5. The number of nitrogens with two attached hydrogens (primary N) is 1. The molecule has 0 radical (unpaired) electrons. The van der Waals surface area contributed by atoms with Gasteiger partial charge in [0, 0.05) is 50.1 Å². The number of ether oxygens (including phenoxy) is 2. The third kappa shape index (κ3) is 5.40. The van der Waals surface area contributed by atoms with E-state index in [4.69, 9.17) is 15.2 Å². The van der Waals surface area contributed by atoms with E-state index in [0.29, 0.717) is 31.3 Å². The van der Waals surface area contributed by atoms with Crippen LogP contribution in [0.15, 0.2) is 55.0 Å². The number of carbonyl (C=O) groups excluding carboxylic acids is 2. The second kappa shape index (κ2) is 10.6. The van der Waals surface area contributed by atoms with Crippen LogP contribution in [0.5, 0.6) is 11.6 Å². The highest BCUT2D eigenvalue weighted by atomic mass is 16.5. The Hall–Kier alpha value is -4.21. The van der Waals surface area contributed by atoms with Gasteiger partial charge in [-0.15, -0.1) is 0 Å². The molecule has 0 spiro atoms. The number of hydrogen-bond acceptors (Lipinski definition) is 8. The first-order valence-corrected chi connectivity index (χ1v) is 10.9. The molecule has 0 bridgehead atoms. The molecule has 0 aliphatic carbocycles. The third-order valence-corrected chi connectivity index (χ3v) is 5.57. The molecule has 1 aliphatic rings. The van der Waals surface area contributed by atoms with E-state index in [0.717, 1.165) is 30.0 Å². The molecule has 3 heterocycles. The summed E-state index contributed by atoms with van der Waals surface area (Å²) in [6.07, 6.45) is 4.03. The van der Waals surface area contributed by atoms with Crippen LogP contribution >= 0.6 is 0 Å². The quantitative estimate of drug-likeness (QED) is 0.563. The molecule has 2 N–H and O–H groups in total. The van der Waals surface area contributed by atoms with E-state index < -0.39 is 5.91 Å². The summed E-state index contributed by atoms with van der Waals surface area (Å²) < 4.78 is 10.7. The van der Waals surface area contributed by atoms with E-state index in [1.54, 1.807) is 48.5 Å². The Labute approximate surface area is 197 Å². The summed E-state index contributed by atoms with van der Waals surface area (Å²) in [6, 6.07) is 12.2. The van der Waals surface area contributed by atoms with Gasteiger partial charge >= 0.3 is 0 Å². The molecule has 1 aliphatic heterocycles. The maximum absolute atomic E-state index is 12.8. The normalized spacial score (nSPS) is 13.8. The molecule has 34 heavy (non-hydrogen) atoms. The maximum Gasteiger partial charge on any atom is 0.260 e. The fourth-order valence-electron chi connectivity index (χ4n) is 3.75. The molecule has 0 atom stereocenters. The summed E-state index contributed by atoms with van der Waals surface area (Å²) in [5.74, 6) is 0.900. The van der Waals surface area contributed by atoms with E-state index in [9.17, 15) is 9.59 Å². The number of primary amides is 1. The van der Waals surface area contributed by atoms with Crippen LogP contribution in [0, 0.1) is 0 Å². The minimum atomic E-state index is -0.594. The van der Waals surface area contributed by atoms with Crippen molar-refractivity contribution in [3.63, 3.8) is 0 Å². The number of amides is 2. The van der Waals surface area contributed by atoms with Gasteiger partial charge in [0.1, 0.15) is 17.9 Å². The predicted molar refractivity (Wildman–Crippen MR) is 126 cm³/mol. The van der Waals surface area contributed by atoms with Crippen LogP contribution in [0.25, 0.3) is 11.3 Å². The Morgan fingerprint density at radius 3 is 2.65 bits per heavy atom. The van der Waals surface area contributed by atoms with Crippen LogP contribution in [0.4, 0.5) is 5.82 Å². The average molecular weight is 463 g/mol. The summed E-state index contributed by atoms with van der Waals surface area (Å²) in [5, 5.41) is 0. The Balaban J connectivity index is 1.37. The van der Waals surface area contributed by atoms with Crippen molar-refractivity contribution in [2.45, 2.75) is 6.42 Å². The number of pyridine rings is 1. The zero-order chi connectivity index (χ0) is 23.9. The van der Waals surface area contributed by atoms with Crippen LogP contribution in [0.2, 0.25) is 0 Å². The van der Waals surface area contributed by atoms with E-state index in [-0.39, 0.29) is 18.1 Å². The first-order valence-electron chi connectivity index (χ1n) is 10.9. The average Bonchev–Trinajstić information content (AvgIpc) is 3.14. The number of carbonyl (C=O) groups is 2. The monoisotopic (exact) mass is 462 g/mol. The molecular formula is C24H26N6O4. The number of hydrogen-bond donors (Lipinski definition) is 1. The van der Waals surface area contributed by atoms with Crippen molar-refractivity contribution < 1.29 is 19.1 Å². The van der Waals surface area contributed by atoms with Crippen molar-refractivity contribution in [3.05, 3.63) is 60.6 Å². The summed E-state index contributed by atoms with van der Waals surface area (Å²) in [6.45, 7) is 2.36. The molecule has 4 rings (SSSR count). The Bertz CT molecular complexity index is 1150. The first-order chi connectivity index (χ1) is 16.5. The van der Waals surface area contributed by atoms with E-state index >= 15 is 0 Å². The van der Waals surface area contributed by atoms with Crippen LogP contribution < -0.4 is 20.1 Å². The largest absolute Gasteiger partial charge is 0.483 e. The van der Waals surface area contributed by atoms with Crippen molar-refractivity contribution in [1.82, 2.24) is 19.9 Å². The fraction of sp³-hybridized carbons (Fsp3) is 0.292. The van der Waals surface area contributed by atoms with E-state index in [2.05, 4.69) is 19.9 Å².